The molecule has 0 aliphatic carbocycles. The Hall–Kier alpha value is -3.22. The average Bonchev–Trinajstić information content (AvgIpc) is 2.79. The molecule has 29 heavy (non-hydrogen) atoms. The molecule has 0 saturated carbocycles. The monoisotopic (exact) mass is 392 g/mol. The van der Waals surface area contributed by atoms with Crippen LogP contribution < -0.4 is 14.7 Å². The van der Waals surface area contributed by atoms with Gasteiger partial charge in [-0.05, 0) is 48.4 Å². The first-order chi connectivity index (χ1) is 14.2. The minimum absolute atomic E-state index is 0.200. The fourth-order valence-electron chi connectivity index (χ4n) is 3.53. The largest absolute Gasteiger partial charge is 0.368 e. The lowest BCUT2D eigenvalue weighted by atomic mass is 10.2. The average molecular weight is 392 g/mol. The molecule has 0 radical (unpaired) electrons. The van der Waals surface area contributed by atoms with Crippen molar-refractivity contribution in [2.24, 2.45) is 0 Å². The maximum absolute atomic E-state index is 13.1. The number of pyridine rings is 1. The summed E-state index contributed by atoms with van der Waals surface area (Å²) in [5, 5.41) is 0. The fraction of sp³-hybridized carbons (Fsp3) is 0.318. The predicted molar refractivity (Wildman–Crippen MR) is 114 cm³/mol. The van der Waals surface area contributed by atoms with E-state index in [9.17, 15) is 4.39 Å². The Morgan fingerprint density at radius 2 is 1.62 bits per heavy atom. The zero-order valence-corrected chi connectivity index (χ0v) is 16.6. The smallest absolute Gasteiger partial charge is 0.134 e. The van der Waals surface area contributed by atoms with Gasteiger partial charge in [0.2, 0.25) is 0 Å². The molecule has 0 unspecified atom stereocenters. The third kappa shape index (κ3) is 4.80. The standard InChI is InChI=1S/C22H25FN6/c1-27(11-8-18-6-9-24-10-7-18)21-16-22(26-17-25-21)29-14-12-28(13-15-29)20-4-2-19(23)3-5-20/h2-7,9-10,16-17H,8,11-15H2,1H3. The Balaban J connectivity index is 1.35. The highest BCUT2D eigenvalue weighted by Crippen LogP contribution is 2.21. The van der Waals surface area contributed by atoms with Crippen LogP contribution in [0.3, 0.4) is 0 Å². The third-order valence-corrected chi connectivity index (χ3v) is 5.31. The van der Waals surface area contributed by atoms with Crippen molar-refractivity contribution in [3.63, 3.8) is 0 Å². The third-order valence-electron chi connectivity index (χ3n) is 5.31. The molecule has 150 valence electrons. The molecule has 0 amide bonds. The molecule has 2 aromatic heterocycles. The van der Waals surface area contributed by atoms with Crippen LogP contribution in [0.15, 0.2) is 61.2 Å². The summed E-state index contributed by atoms with van der Waals surface area (Å²) in [6.07, 6.45) is 6.22. The molecule has 6 nitrogen and oxygen atoms in total. The zero-order valence-electron chi connectivity index (χ0n) is 16.6. The first kappa shape index (κ1) is 19.1. The molecule has 7 heteroatoms. The summed E-state index contributed by atoms with van der Waals surface area (Å²) in [7, 11) is 2.06. The summed E-state index contributed by atoms with van der Waals surface area (Å²) in [5.41, 5.74) is 2.32. The number of rotatable bonds is 6. The van der Waals surface area contributed by atoms with Gasteiger partial charge in [0.1, 0.15) is 23.8 Å². The Bertz CT molecular complexity index is 910. The van der Waals surface area contributed by atoms with E-state index in [-0.39, 0.29) is 5.82 Å². The summed E-state index contributed by atoms with van der Waals surface area (Å²) >= 11 is 0. The molecule has 0 bridgehead atoms. The number of hydrogen-bond donors (Lipinski definition) is 0. The lowest BCUT2D eigenvalue weighted by Crippen LogP contribution is -2.46. The van der Waals surface area contributed by atoms with Gasteiger partial charge < -0.3 is 14.7 Å². The molecule has 1 aromatic carbocycles. The highest BCUT2D eigenvalue weighted by molar-refractivity contribution is 5.52. The second-order valence-electron chi connectivity index (χ2n) is 7.21. The Morgan fingerprint density at radius 1 is 0.931 bits per heavy atom. The van der Waals surface area contributed by atoms with E-state index < -0.39 is 0 Å². The van der Waals surface area contributed by atoms with E-state index in [1.807, 2.05) is 36.7 Å². The van der Waals surface area contributed by atoms with Crippen LogP contribution in [0.1, 0.15) is 5.56 Å². The summed E-state index contributed by atoms with van der Waals surface area (Å²) < 4.78 is 13.1. The van der Waals surface area contributed by atoms with Crippen molar-refractivity contribution < 1.29 is 4.39 Å². The molecule has 1 aliphatic rings. The molecule has 0 atom stereocenters. The van der Waals surface area contributed by atoms with E-state index >= 15 is 0 Å². The minimum atomic E-state index is -0.200. The molecular weight excluding hydrogens is 367 g/mol. The van der Waals surface area contributed by atoms with Crippen LogP contribution in [0.2, 0.25) is 0 Å². The van der Waals surface area contributed by atoms with Gasteiger partial charge in [-0.2, -0.15) is 0 Å². The van der Waals surface area contributed by atoms with E-state index in [1.165, 1.54) is 17.7 Å². The Kier molecular flexibility index (Phi) is 5.84. The van der Waals surface area contributed by atoms with Crippen LogP contribution in [-0.2, 0) is 6.42 Å². The zero-order chi connectivity index (χ0) is 20.1. The summed E-state index contributed by atoms with van der Waals surface area (Å²) in [6.45, 7) is 4.37. The van der Waals surface area contributed by atoms with Gasteiger partial charge in [-0.3, -0.25) is 4.98 Å². The van der Waals surface area contributed by atoms with Gasteiger partial charge in [0.15, 0.2) is 0 Å². The predicted octanol–water partition coefficient (Wildman–Crippen LogP) is 3.02. The van der Waals surface area contributed by atoms with Gasteiger partial charge >= 0.3 is 0 Å². The molecular formula is C22H25FN6. The number of hydrogen-bond acceptors (Lipinski definition) is 6. The summed E-state index contributed by atoms with van der Waals surface area (Å²) in [5.74, 6) is 1.67. The second-order valence-corrected chi connectivity index (χ2v) is 7.21. The summed E-state index contributed by atoms with van der Waals surface area (Å²) in [4.78, 5) is 19.7. The van der Waals surface area contributed by atoms with Gasteiger partial charge in [0, 0.05) is 63.9 Å². The van der Waals surface area contributed by atoms with Crippen LogP contribution in [0, 0.1) is 5.82 Å². The van der Waals surface area contributed by atoms with Crippen molar-refractivity contribution in [1.82, 2.24) is 15.0 Å². The van der Waals surface area contributed by atoms with E-state index in [0.717, 1.165) is 56.5 Å². The number of likely N-dealkylation sites (N-methyl/N-ethyl adjacent to an activating group) is 1. The maximum atomic E-state index is 13.1. The van der Waals surface area contributed by atoms with E-state index in [2.05, 4.69) is 42.8 Å². The lowest BCUT2D eigenvalue weighted by Gasteiger charge is -2.37. The lowest BCUT2D eigenvalue weighted by molar-refractivity contribution is 0.624. The van der Waals surface area contributed by atoms with Crippen molar-refractivity contribution in [3.05, 3.63) is 72.6 Å². The number of aromatic nitrogens is 3. The SMILES string of the molecule is CN(CCc1ccncc1)c1cc(N2CCN(c3ccc(F)cc3)CC2)ncn1. The summed E-state index contributed by atoms with van der Waals surface area (Å²) in [6, 6.07) is 12.8. The molecule has 0 N–H and O–H groups in total. The molecule has 1 fully saturated rings. The number of piperazine rings is 1. The van der Waals surface area contributed by atoms with Crippen LogP contribution >= 0.6 is 0 Å². The van der Waals surface area contributed by atoms with Gasteiger partial charge in [-0.15, -0.1) is 0 Å². The quantitative estimate of drug-likeness (QED) is 0.643. The van der Waals surface area contributed by atoms with Crippen LogP contribution in [0.25, 0.3) is 0 Å². The van der Waals surface area contributed by atoms with Gasteiger partial charge in [-0.25, -0.2) is 14.4 Å². The van der Waals surface area contributed by atoms with Crippen molar-refractivity contribution in [2.75, 3.05) is 54.5 Å². The van der Waals surface area contributed by atoms with Gasteiger partial charge in [0.25, 0.3) is 0 Å². The molecule has 0 spiro atoms. The molecule has 3 aromatic rings. The highest BCUT2D eigenvalue weighted by atomic mass is 19.1. The van der Waals surface area contributed by atoms with Crippen LogP contribution in [0.5, 0.6) is 0 Å². The first-order valence-corrected chi connectivity index (χ1v) is 9.86. The number of halogens is 1. The minimum Gasteiger partial charge on any atom is -0.368 e. The van der Waals surface area contributed by atoms with Crippen molar-refractivity contribution >= 4 is 17.3 Å². The van der Waals surface area contributed by atoms with Gasteiger partial charge in [0.05, 0.1) is 0 Å². The van der Waals surface area contributed by atoms with Crippen LogP contribution in [-0.4, -0.2) is 54.7 Å². The fourth-order valence-corrected chi connectivity index (χ4v) is 3.53. The van der Waals surface area contributed by atoms with E-state index in [1.54, 1.807) is 6.33 Å². The molecule has 1 aliphatic heterocycles. The van der Waals surface area contributed by atoms with E-state index in [4.69, 9.17) is 0 Å². The Morgan fingerprint density at radius 3 is 2.34 bits per heavy atom. The van der Waals surface area contributed by atoms with Crippen molar-refractivity contribution in [1.29, 1.82) is 0 Å². The van der Waals surface area contributed by atoms with Gasteiger partial charge in [-0.1, -0.05) is 0 Å². The topological polar surface area (TPSA) is 48.4 Å². The molecule has 1 saturated heterocycles. The van der Waals surface area contributed by atoms with Crippen molar-refractivity contribution in [2.45, 2.75) is 6.42 Å². The Labute approximate surface area is 170 Å². The number of benzene rings is 1. The molecule has 4 rings (SSSR count). The molecule has 3 heterocycles. The van der Waals surface area contributed by atoms with Crippen molar-refractivity contribution in [3.8, 4) is 0 Å². The normalized spacial score (nSPS) is 14.1. The highest BCUT2D eigenvalue weighted by Gasteiger charge is 2.19. The first-order valence-electron chi connectivity index (χ1n) is 9.86. The number of nitrogens with zero attached hydrogens (tertiary/aromatic N) is 6. The second kappa shape index (κ2) is 8.86. The maximum Gasteiger partial charge on any atom is 0.134 e. The number of anilines is 3. The van der Waals surface area contributed by atoms with E-state index in [0.29, 0.717) is 0 Å². The van der Waals surface area contributed by atoms with Crippen LogP contribution in [0.4, 0.5) is 21.7 Å².